The van der Waals surface area contributed by atoms with Gasteiger partial charge < -0.3 is 19.8 Å². The molecule has 8 nitrogen and oxygen atoms in total. The van der Waals surface area contributed by atoms with E-state index in [0.29, 0.717) is 24.4 Å². The van der Waals surface area contributed by atoms with Gasteiger partial charge in [-0.25, -0.2) is 8.42 Å². The summed E-state index contributed by atoms with van der Waals surface area (Å²) in [5, 5.41) is 19.2. The molecule has 2 aliphatic rings. The summed E-state index contributed by atoms with van der Waals surface area (Å²) in [6.45, 7) is 5.25. The molecule has 1 aromatic carbocycles. The molecule has 1 amide bonds. The quantitative estimate of drug-likeness (QED) is 0.600. The van der Waals surface area contributed by atoms with Gasteiger partial charge in [-0.15, -0.1) is 0 Å². The second kappa shape index (κ2) is 10.4. The van der Waals surface area contributed by atoms with Gasteiger partial charge in [0.2, 0.25) is 15.9 Å². The van der Waals surface area contributed by atoms with E-state index in [2.05, 4.69) is 11.8 Å². The van der Waals surface area contributed by atoms with E-state index in [9.17, 15) is 23.4 Å². The van der Waals surface area contributed by atoms with Gasteiger partial charge in [-0.05, 0) is 50.8 Å². The highest BCUT2D eigenvalue weighted by atomic mass is 32.2. The Labute approximate surface area is 196 Å². The molecule has 0 bridgehead atoms. The van der Waals surface area contributed by atoms with E-state index in [4.69, 9.17) is 4.74 Å². The standard InChI is InChI=1S/C24H34N2O6S/c1-16-13-26(17(2)15-27)33(30,31)23-10-9-19(6-5-18(3)28)11-21(23)32-22(16)14-25(4)24(29)12-20-7-8-20/h9-11,16-18,20,22,27-28H,7-8,12-15H2,1-4H3/t16-,17-,18-,22-/m0/s1. The van der Waals surface area contributed by atoms with Gasteiger partial charge in [-0.3, -0.25) is 4.79 Å². The zero-order valence-electron chi connectivity index (χ0n) is 19.7. The number of hydrogen-bond acceptors (Lipinski definition) is 6. The van der Waals surface area contributed by atoms with E-state index >= 15 is 0 Å². The number of rotatable bonds is 6. The lowest BCUT2D eigenvalue weighted by Crippen LogP contribution is -2.50. The molecule has 1 saturated carbocycles. The molecule has 0 spiro atoms. The summed E-state index contributed by atoms with van der Waals surface area (Å²) in [5.74, 6) is 5.91. The number of carbonyl (C=O) groups is 1. The van der Waals surface area contributed by atoms with Gasteiger partial charge in [0, 0.05) is 37.5 Å². The number of fused-ring (bicyclic) bond motifs is 1. The van der Waals surface area contributed by atoms with Crippen molar-refractivity contribution < 1.29 is 28.2 Å². The fourth-order valence-electron chi connectivity index (χ4n) is 3.81. The maximum atomic E-state index is 13.5. The maximum absolute atomic E-state index is 13.5. The lowest BCUT2D eigenvalue weighted by molar-refractivity contribution is -0.131. The van der Waals surface area contributed by atoms with E-state index < -0.39 is 28.3 Å². The first-order valence-electron chi connectivity index (χ1n) is 11.4. The number of benzene rings is 1. The van der Waals surface area contributed by atoms with E-state index in [1.54, 1.807) is 37.9 Å². The number of nitrogens with zero attached hydrogens (tertiary/aromatic N) is 2. The Bertz CT molecular complexity index is 1030. The van der Waals surface area contributed by atoms with Crippen molar-refractivity contribution in [3.8, 4) is 17.6 Å². The number of aliphatic hydroxyl groups excluding tert-OH is 2. The zero-order valence-corrected chi connectivity index (χ0v) is 20.5. The van der Waals surface area contributed by atoms with Crippen LogP contribution in [0, 0.1) is 23.7 Å². The lowest BCUT2D eigenvalue weighted by atomic mass is 10.0. The first kappa shape index (κ1) is 25.5. The van der Waals surface area contributed by atoms with Crippen LogP contribution in [0.3, 0.4) is 0 Å². The highest BCUT2D eigenvalue weighted by Gasteiger charge is 2.38. The molecule has 0 aromatic heterocycles. The third-order valence-electron chi connectivity index (χ3n) is 6.13. The molecule has 3 rings (SSSR count). The Morgan fingerprint density at radius 3 is 2.64 bits per heavy atom. The van der Waals surface area contributed by atoms with Crippen LogP contribution in [0.5, 0.6) is 5.75 Å². The minimum absolute atomic E-state index is 0.00532. The van der Waals surface area contributed by atoms with Crippen molar-refractivity contribution in [2.45, 2.75) is 63.2 Å². The van der Waals surface area contributed by atoms with E-state index in [0.717, 1.165) is 12.8 Å². The third-order valence-corrected chi connectivity index (χ3v) is 8.15. The number of sulfonamides is 1. The van der Waals surface area contributed by atoms with Crippen LogP contribution < -0.4 is 4.74 Å². The molecule has 33 heavy (non-hydrogen) atoms. The highest BCUT2D eigenvalue weighted by Crippen LogP contribution is 2.35. The van der Waals surface area contributed by atoms with Crippen molar-refractivity contribution in [3.05, 3.63) is 23.8 Å². The van der Waals surface area contributed by atoms with Gasteiger partial charge in [-0.2, -0.15) is 4.31 Å². The van der Waals surface area contributed by atoms with Gasteiger partial charge in [0.05, 0.1) is 13.2 Å². The number of likely N-dealkylation sites (N-methyl/N-ethyl adjacent to an activating group) is 1. The van der Waals surface area contributed by atoms with Crippen molar-refractivity contribution in [3.63, 3.8) is 0 Å². The Morgan fingerprint density at radius 2 is 2.03 bits per heavy atom. The fourth-order valence-corrected chi connectivity index (χ4v) is 5.63. The molecule has 0 saturated heterocycles. The molecule has 4 atom stereocenters. The number of aliphatic hydroxyl groups is 2. The molecule has 1 aromatic rings. The fraction of sp³-hybridized carbons (Fsp3) is 0.625. The van der Waals surface area contributed by atoms with Crippen LogP contribution in [0.1, 0.15) is 45.6 Å². The van der Waals surface area contributed by atoms with Crippen LogP contribution in [0.4, 0.5) is 0 Å². The Hall–Kier alpha value is -2.12. The topological polar surface area (TPSA) is 107 Å². The summed E-state index contributed by atoms with van der Waals surface area (Å²) >= 11 is 0. The highest BCUT2D eigenvalue weighted by molar-refractivity contribution is 7.89. The number of amides is 1. The van der Waals surface area contributed by atoms with Gasteiger partial charge in [-0.1, -0.05) is 18.8 Å². The second-order valence-corrected chi connectivity index (χ2v) is 11.1. The van der Waals surface area contributed by atoms with Crippen molar-refractivity contribution in [2.75, 3.05) is 26.7 Å². The average molecular weight is 479 g/mol. The molecule has 182 valence electrons. The molecule has 1 fully saturated rings. The predicted octanol–water partition coefficient (Wildman–Crippen LogP) is 1.45. The minimum atomic E-state index is -3.94. The van der Waals surface area contributed by atoms with Crippen molar-refractivity contribution in [1.82, 2.24) is 9.21 Å². The van der Waals surface area contributed by atoms with E-state index in [1.165, 1.54) is 10.4 Å². The second-order valence-electron chi connectivity index (χ2n) is 9.27. The van der Waals surface area contributed by atoms with Crippen LogP contribution in [0.15, 0.2) is 23.1 Å². The average Bonchev–Trinajstić information content (AvgIpc) is 3.57. The van der Waals surface area contributed by atoms with Crippen LogP contribution in [-0.2, 0) is 14.8 Å². The summed E-state index contributed by atoms with van der Waals surface area (Å²) in [5.41, 5.74) is 0.511. The summed E-state index contributed by atoms with van der Waals surface area (Å²) in [4.78, 5) is 14.2. The normalized spacial score (nSPS) is 24.2. The van der Waals surface area contributed by atoms with Crippen molar-refractivity contribution in [1.29, 1.82) is 0 Å². The molecule has 2 N–H and O–H groups in total. The van der Waals surface area contributed by atoms with E-state index in [-0.39, 0.29) is 35.6 Å². The summed E-state index contributed by atoms with van der Waals surface area (Å²) in [7, 11) is -2.19. The molecule has 1 aliphatic carbocycles. The Kier molecular flexibility index (Phi) is 8.06. The SMILES string of the molecule is C[C@H](O)C#Cc1ccc2c(c1)O[C@@H](CN(C)C(=O)CC1CC1)[C@@H](C)CN([C@@H](C)CO)S2(=O)=O. The lowest BCUT2D eigenvalue weighted by Gasteiger charge is -2.37. The van der Waals surface area contributed by atoms with Gasteiger partial charge in [0.1, 0.15) is 22.9 Å². The van der Waals surface area contributed by atoms with Crippen LogP contribution in [0.25, 0.3) is 0 Å². The van der Waals surface area contributed by atoms with Crippen LogP contribution in [0.2, 0.25) is 0 Å². The van der Waals surface area contributed by atoms with Crippen LogP contribution in [-0.4, -0.2) is 78.7 Å². The first-order valence-corrected chi connectivity index (χ1v) is 12.8. The predicted molar refractivity (Wildman–Crippen MR) is 124 cm³/mol. The summed E-state index contributed by atoms with van der Waals surface area (Å²) in [6, 6.07) is 3.96. The summed E-state index contributed by atoms with van der Waals surface area (Å²) in [6.07, 6.45) is 1.42. The monoisotopic (exact) mass is 478 g/mol. The van der Waals surface area contributed by atoms with Gasteiger partial charge in [0.25, 0.3) is 0 Å². The Morgan fingerprint density at radius 1 is 1.33 bits per heavy atom. The van der Waals surface area contributed by atoms with Crippen molar-refractivity contribution >= 4 is 15.9 Å². The first-order chi connectivity index (χ1) is 15.5. The van der Waals surface area contributed by atoms with Crippen molar-refractivity contribution in [2.24, 2.45) is 11.8 Å². The molecule has 9 heteroatoms. The molecule has 0 radical (unpaired) electrons. The third kappa shape index (κ3) is 6.27. The molecule has 1 aliphatic heterocycles. The largest absolute Gasteiger partial charge is 0.487 e. The number of ether oxygens (including phenoxy) is 1. The molecule has 0 unspecified atom stereocenters. The summed E-state index contributed by atoms with van der Waals surface area (Å²) < 4.78 is 34.5. The number of carbonyl (C=O) groups excluding carboxylic acids is 1. The molecular formula is C24H34N2O6S. The number of hydrogen-bond donors (Lipinski definition) is 2. The van der Waals surface area contributed by atoms with Gasteiger partial charge in [0.15, 0.2) is 0 Å². The Balaban J connectivity index is 1.99. The zero-order chi connectivity index (χ0) is 24.3. The molecule has 1 heterocycles. The smallest absolute Gasteiger partial charge is 0.247 e. The minimum Gasteiger partial charge on any atom is -0.487 e. The van der Waals surface area contributed by atoms with Crippen LogP contribution >= 0.6 is 0 Å². The maximum Gasteiger partial charge on any atom is 0.247 e. The van der Waals surface area contributed by atoms with E-state index in [1.807, 2.05) is 6.92 Å². The van der Waals surface area contributed by atoms with Gasteiger partial charge >= 0.3 is 0 Å². The molecular weight excluding hydrogens is 444 g/mol.